The first kappa shape index (κ1) is 18.8. The van der Waals surface area contributed by atoms with Crippen LogP contribution in [0, 0.1) is 0 Å². The first-order chi connectivity index (χ1) is 12.9. The normalized spacial score (nSPS) is 13.3. The molecule has 3 rings (SSSR count). The van der Waals surface area contributed by atoms with E-state index in [4.69, 9.17) is 14.2 Å². The molecule has 0 saturated heterocycles. The van der Waals surface area contributed by atoms with Crippen LogP contribution in [0.4, 0.5) is 0 Å². The fourth-order valence-corrected chi connectivity index (χ4v) is 2.67. The summed E-state index contributed by atoms with van der Waals surface area (Å²) in [7, 11) is 0. The molecular weight excluding hydrogens is 346 g/mol. The van der Waals surface area contributed by atoms with Crippen LogP contribution in [-0.2, 0) is 16.1 Å². The summed E-state index contributed by atoms with van der Waals surface area (Å²) in [5.74, 6) is 0.855. The fraction of sp³-hybridized carbons (Fsp3) is 0.333. The van der Waals surface area contributed by atoms with Crippen molar-refractivity contribution in [3.8, 4) is 11.5 Å². The second-order valence-corrected chi connectivity index (χ2v) is 6.73. The molecule has 142 valence electrons. The third-order valence-electron chi connectivity index (χ3n) is 4.37. The molecule has 1 amide bonds. The highest BCUT2D eigenvalue weighted by molar-refractivity contribution is 5.92. The van der Waals surface area contributed by atoms with Gasteiger partial charge in [-0.1, -0.05) is 32.0 Å². The Kier molecular flexibility index (Phi) is 5.64. The van der Waals surface area contributed by atoms with E-state index in [1.807, 2.05) is 24.3 Å². The van der Waals surface area contributed by atoms with Gasteiger partial charge in [-0.05, 0) is 48.2 Å². The van der Waals surface area contributed by atoms with E-state index >= 15 is 0 Å². The lowest BCUT2D eigenvalue weighted by Crippen LogP contribution is -2.35. The molecule has 1 aliphatic heterocycles. The number of rotatable bonds is 6. The van der Waals surface area contributed by atoms with Crippen molar-refractivity contribution < 1.29 is 23.8 Å². The summed E-state index contributed by atoms with van der Waals surface area (Å²) < 4.78 is 15.8. The van der Waals surface area contributed by atoms with Crippen LogP contribution in [0.5, 0.6) is 11.5 Å². The van der Waals surface area contributed by atoms with Crippen molar-refractivity contribution >= 4 is 11.9 Å². The molecule has 1 aliphatic rings. The quantitative estimate of drug-likeness (QED) is 0.790. The molecule has 1 heterocycles. The van der Waals surface area contributed by atoms with Crippen LogP contribution in [0.15, 0.2) is 42.5 Å². The van der Waals surface area contributed by atoms with Gasteiger partial charge in [0.05, 0.1) is 5.56 Å². The highest BCUT2D eigenvalue weighted by atomic mass is 16.7. The average molecular weight is 369 g/mol. The third kappa shape index (κ3) is 4.58. The second-order valence-electron chi connectivity index (χ2n) is 6.73. The van der Waals surface area contributed by atoms with Crippen molar-refractivity contribution in [2.24, 2.45) is 0 Å². The number of benzene rings is 2. The molecule has 2 aromatic rings. The van der Waals surface area contributed by atoms with Crippen LogP contribution in [-0.4, -0.2) is 24.8 Å². The Bertz CT molecular complexity index is 829. The summed E-state index contributed by atoms with van der Waals surface area (Å²) in [4.78, 5) is 24.4. The SMILES string of the molecule is CC(C)c1ccc(C(=O)O[C@@H](C)C(=O)NCc2ccc3c(c2)OCO3)cc1. The van der Waals surface area contributed by atoms with E-state index in [1.54, 1.807) is 25.1 Å². The number of fused-ring (bicyclic) bond motifs is 1. The molecule has 6 heteroatoms. The van der Waals surface area contributed by atoms with Crippen molar-refractivity contribution in [2.75, 3.05) is 6.79 Å². The highest BCUT2D eigenvalue weighted by Gasteiger charge is 2.19. The minimum Gasteiger partial charge on any atom is -0.454 e. The molecular formula is C21H23NO5. The van der Waals surface area contributed by atoms with Gasteiger partial charge in [0.25, 0.3) is 5.91 Å². The van der Waals surface area contributed by atoms with Gasteiger partial charge in [0.1, 0.15) is 0 Å². The molecule has 0 aliphatic carbocycles. The lowest BCUT2D eigenvalue weighted by Gasteiger charge is -2.14. The van der Waals surface area contributed by atoms with Gasteiger partial charge in [-0.25, -0.2) is 4.79 Å². The van der Waals surface area contributed by atoms with Gasteiger partial charge in [-0.2, -0.15) is 0 Å². The van der Waals surface area contributed by atoms with Crippen molar-refractivity contribution in [2.45, 2.75) is 39.3 Å². The van der Waals surface area contributed by atoms with Crippen LogP contribution in [0.2, 0.25) is 0 Å². The number of carbonyl (C=O) groups is 2. The number of carbonyl (C=O) groups excluding carboxylic acids is 2. The van der Waals surface area contributed by atoms with Crippen LogP contribution in [0.1, 0.15) is 48.2 Å². The average Bonchev–Trinajstić information content (AvgIpc) is 3.13. The van der Waals surface area contributed by atoms with Gasteiger partial charge in [0.15, 0.2) is 17.6 Å². The molecule has 0 bridgehead atoms. The predicted octanol–water partition coefficient (Wildman–Crippen LogP) is 3.40. The summed E-state index contributed by atoms with van der Waals surface area (Å²) in [6.07, 6.45) is -0.892. The second kappa shape index (κ2) is 8.12. The lowest BCUT2D eigenvalue weighted by molar-refractivity contribution is -0.129. The standard InChI is InChI=1S/C21H23NO5/c1-13(2)16-5-7-17(8-6-16)21(24)27-14(3)20(23)22-11-15-4-9-18-19(10-15)26-12-25-18/h4-10,13-14H,11-12H2,1-3H3,(H,22,23)/t14-/m0/s1. The van der Waals surface area contributed by atoms with E-state index < -0.39 is 12.1 Å². The smallest absolute Gasteiger partial charge is 0.338 e. The number of hydrogen-bond acceptors (Lipinski definition) is 5. The Hall–Kier alpha value is -3.02. The first-order valence-corrected chi connectivity index (χ1v) is 8.91. The summed E-state index contributed by atoms with van der Waals surface area (Å²) >= 11 is 0. The zero-order valence-corrected chi connectivity index (χ0v) is 15.7. The molecule has 0 radical (unpaired) electrons. The molecule has 2 aromatic carbocycles. The van der Waals surface area contributed by atoms with Crippen LogP contribution in [0.25, 0.3) is 0 Å². The van der Waals surface area contributed by atoms with E-state index in [-0.39, 0.29) is 12.7 Å². The largest absolute Gasteiger partial charge is 0.454 e. The number of esters is 1. The first-order valence-electron chi connectivity index (χ1n) is 8.91. The summed E-state index contributed by atoms with van der Waals surface area (Å²) in [5, 5.41) is 2.76. The molecule has 1 N–H and O–H groups in total. The number of amides is 1. The van der Waals surface area contributed by atoms with E-state index in [0.29, 0.717) is 29.5 Å². The Morgan fingerprint density at radius 1 is 1.04 bits per heavy atom. The van der Waals surface area contributed by atoms with Crippen LogP contribution < -0.4 is 14.8 Å². The van der Waals surface area contributed by atoms with Gasteiger partial charge >= 0.3 is 5.97 Å². The van der Waals surface area contributed by atoms with Crippen molar-refractivity contribution in [3.63, 3.8) is 0 Å². The highest BCUT2D eigenvalue weighted by Crippen LogP contribution is 2.32. The molecule has 0 saturated carbocycles. The third-order valence-corrected chi connectivity index (χ3v) is 4.37. The maximum atomic E-state index is 12.2. The fourth-order valence-electron chi connectivity index (χ4n) is 2.67. The summed E-state index contributed by atoms with van der Waals surface area (Å²) in [5.41, 5.74) is 2.44. The van der Waals surface area contributed by atoms with Crippen molar-refractivity contribution in [1.29, 1.82) is 0 Å². The van der Waals surface area contributed by atoms with Gasteiger partial charge in [0.2, 0.25) is 6.79 Å². The van der Waals surface area contributed by atoms with Gasteiger partial charge < -0.3 is 19.5 Å². The topological polar surface area (TPSA) is 73.9 Å². The van der Waals surface area contributed by atoms with E-state index in [1.165, 1.54) is 0 Å². The zero-order valence-electron chi connectivity index (χ0n) is 15.7. The lowest BCUT2D eigenvalue weighted by atomic mass is 10.0. The monoisotopic (exact) mass is 369 g/mol. The molecule has 0 unspecified atom stereocenters. The number of nitrogens with one attached hydrogen (secondary N) is 1. The Balaban J connectivity index is 1.51. The maximum absolute atomic E-state index is 12.2. The van der Waals surface area contributed by atoms with Crippen LogP contribution in [0.3, 0.4) is 0 Å². The predicted molar refractivity (Wildman–Crippen MR) is 99.8 cm³/mol. The molecule has 1 atom stereocenters. The molecule has 27 heavy (non-hydrogen) atoms. The minimum atomic E-state index is -0.892. The number of ether oxygens (including phenoxy) is 3. The molecule has 0 spiro atoms. The van der Waals surface area contributed by atoms with Gasteiger partial charge in [-0.15, -0.1) is 0 Å². The van der Waals surface area contributed by atoms with Crippen molar-refractivity contribution in [3.05, 3.63) is 59.2 Å². The molecule has 6 nitrogen and oxygen atoms in total. The minimum absolute atomic E-state index is 0.205. The zero-order chi connectivity index (χ0) is 19.4. The molecule has 0 aromatic heterocycles. The Morgan fingerprint density at radius 3 is 2.44 bits per heavy atom. The summed E-state index contributed by atoms with van der Waals surface area (Å²) in [6, 6.07) is 12.7. The van der Waals surface area contributed by atoms with E-state index in [2.05, 4.69) is 19.2 Å². The van der Waals surface area contributed by atoms with E-state index in [0.717, 1.165) is 11.1 Å². The van der Waals surface area contributed by atoms with E-state index in [9.17, 15) is 9.59 Å². The maximum Gasteiger partial charge on any atom is 0.338 e. The molecule has 0 fully saturated rings. The Morgan fingerprint density at radius 2 is 1.74 bits per heavy atom. The van der Waals surface area contributed by atoms with Gasteiger partial charge in [-0.3, -0.25) is 4.79 Å². The Labute approximate surface area is 158 Å². The van der Waals surface area contributed by atoms with Crippen molar-refractivity contribution in [1.82, 2.24) is 5.32 Å². The van der Waals surface area contributed by atoms with Crippen LogP contribution >= 0.6 is 0 Å². The summed E-state index contributed by atoms with van der Waals surface area (Å²) in [6.45, 7) is 6.23. The number of hydrogen-bond donors (Lipinski definition) is 1. The van der Waals surface area contributed by atoms with Gasteiger partial charge in [0, 0.05) is 6.54 Å².